The number of benzene rings is 2. The number of carbonyl (C=O) groups excluding carboxylic acids is 3. The van der Waals surface area contributed by atoms with Gasteiger partial charge in [0.05, 0.1) is 4.91 Å². The number of rotatable bonds is 4. The normalized spacial score (nSPS) is 15.6. The van der Waals surface area contributed by atoms with Crippen LogP contribution >= 0.6 is 11.8 Å². The summed E-state index contributed by atoms with van der Waals surface area (Å²) in [6, 6.07) is 11.7. The lowest BCUT2D eigenvalue weighted by molar-refractivity contribution is -0.127. The molecular formula is C18H13FN2O4S. The molecule has 3 rings (SSSR count). The van der Waals surface area contributed by atoms with E-state index in [1.54, 1.807) is 18.2 Å². The van der Waals surface area contributed by atoms with Crippen molar-refractivity contribution in [3.05, 3.63) is 64.8 Å². The predicted octanol–water partition coefficient (Wildman–Crippen LogP) is 3.21. The average molecular weight is 372 g/mol. The van der Waals surface area contributed by atoms with E-state index in [-0.39, 0.29) is 16.2 Å². The first-order chi connectivity index (χ1) is 12.4. The summed E-state index contributed by atoms with van der Waals surface area (Å²) in [5.41, 5.74) is 0.520. The van der Waals surface area contributed by atoms with Crippen molar-refractivity contribution in [2.75, 3.05) is 11.9 Å². The van der Waals surface area contributed by atoms with Gasteiger partial charge in [0.15, 0.2) is 0 Å². The number of nitrogens with zero attached hydrogens (tertiary/aromatic N) is 1. The number of aromatic hydroxyl groups is 1. The molecule has 0 radical (unpaired) electrons. The summed E-state index contributed by atoms with van der Waals surface area (Å²) in [7, 11) is 0. The third-order valence-corrected chi connectivity index (χ3v) is 4.40. The first-order valence-corrected chi connectivity index (χ1v) is 8.34. The number of carbonyl (C=O) groups is 3. The lowest BCUT2D eigenvalue weighted by Crippen LogP contribution is -2.36. The van der Waals surface area contributed by atoms with Gasteiger partial charge in [0.1, 0.15) is 18.1 Å². The maximum absolute atomic E-state index is 13.7. The molecule has 6 nitrogen and oxygen atoms in total. The molecule has 3 amide bonds. The highest BCUT2D eigenvalue weighted by Gasteiger charge is 2.36. The van der Waals surface area contributed by atoms with Gasteiger partial charge in [-0.1, -0.05) is 24.3 Å². The lowest BCUT2D eigenvalue weighted by Gasteiger charge is -2.12. The van der Waals surface area contributed by atoms with Crippen LogP contribution in [0.2, 0.25) is 0 Å². The maximum atomic E-state index is 13.7. The van der Waals surface area contributed by atoms with Crippen LogP contribution < -0.4 is 5.32 Å². The fraction of sp³-hybridized carbons (Fsp3) is 0.0556. The Balaban J connectivity index is 1.71. The smallest absolute Gasteiger partial charge is 0.294 e. The predicted molar refractivity (Wildman–Crippen MR) is 95.8 cm³/mol. The van der Waals surface area contributed by atoms with Crippen LogP contribution in [0.4, 0.5) is 14.9 Å². The topological polar surface area (TPSA) is 86.7 Å². The van der Waals surface area contributed by atoms with E-state index >= 15 is 0 Å². The molecule has 0 aromatic heterocycles. The Bertz CT molecular complexity index is 929. The van der Waals surface area contributed by atoms with Crippen molar-refractivity contribution in [3.63, 3.8) is 0 Å². The summed E-state index contributed by atoms with van der Waals surface area (Å²) in [6.07, 6.45) is 1.29. The molecule has 2 aromatic rings. The number of phenolic OH excluding ortho intramolecular Hbond substituents is 1. The minimum atomic E-state index is -0.658. The molecule has 1 aliphatic rings. The van der Waals surface area contributed by atoms with Crippen molar-refractivity contribution in [1.29, 1.82) is 0 Å². The van der Waals surface area contributed by atoms with Crippen molar-refractivity contribution in [2.45, 2.75) is 0 Å². The molecule has 26 heavy (non-hydrogen) atoms. The number of thioether (sulfide) groups is 1. The molecule has 8 heteroatoms. The zero-order valence-electron chi connectivity index (χ0n) is 13.3. The molecule has 0 unspecified atom stereocenters. The first-order valence-electron chi connectivity index (χ1n) is 7.53. The van der Waals surface area contributed by atoms with Crippen LogP contribution in [0, 0.1) is 5.82 Å². The van der Waals surface area contributed by atoms with Gasteiger partial charge in [-0.15, -0.1) is 0 Å². The molecular weight excluding hydrogens is 359 g/mol. The summed E-state index contributed by atoms with van der Waals surface area (Å²) in [5.74, 6) is -1.79. The molecule has 0 atom stereocenters. The van der Waals surface area contributed by atoms with Gasteiger partial charge in [-0.25, -0.2) is 4.39 Å². The first kappa shape index (κ1) is 17.7. The molecule has 0 saturated carbocycles. The van der Waals surface area contributed by atoms with E-state index < -0.39 is 29.4 Å². The molecule has 2 aromatic carbocycles. The molecule has 132 valence electrons. The molecule has 2 N–H and O–H groups in total. The van der Waals surface area contributed by atoms with Crippen LogP contribution in [0.25, 0.3) is 6.08 Å². The van der Waals surface area contributed by atoms with Crippen molar-refractivity contribution in [2.24, 2.45) is 0 Å². The third kappa shape index (κ3) is 3.92. The third-order valence-electron chi connectivity index (χ3n) is 3.50. The van der Waals surface area contributed by atoms with Gasteiger partial charge >= 0.3 is 0 Å². The van der Waals surface area contributed by atoms with E-state index in [1.807, 2.05) is 0 Å². The van der Waals surface area contributed by atoms with Crippen molar-refractivity contribution in [1.82, 2.24) is 4.90 Å². The number of imide groups is 1. The monoisotopic (exact) mass is 372 g/mol. The standard InChI is InChI=1S/C18H13FN2O4S/c19-14-7-2-1-4-11(14)8-15-17(24)21(18(25)26-15)10-16(23)20-12-5-3-6-13(22)9-12/h1-9,22H,10H2,(H,20,23)/b15-8+. The molecule has 1 fully saturated rings. The number of hydrogen-bond donors (Lipinski definition) is 2. The van der Waals surface area contributed by atoms with Gasteiger partial charge < -0.3 is 10.4 Å². The molecule has 0 bridgehead atoms. The van der Waals surface area contributed by atoms with E-state index in [9.17, 15) is 23.9 Å². The quantitative estimate of drug-likeness (QED) is 0.805. The summed E-state index contributed by atoms with van der Waals surface area (Å²) in [5, 5.41) is 11.3. The summed E-state index contributed by atoms with van der Waals surface area (Å²) in [6.45, 7) is -0.477. The zero-order chi connectivity index (χ0) is 18.7. The highest BCUT2D eigenvalue weighted by Crippen LogP contribution is 2.32. The van der Waals surface area contributed by atoms with Gasteiger partial charge in [-0.05, 0) is 36.0 Å². The van der Waals surface area contributed by atoms with E-state index in [1.165, 1.54) is 36.4 Å². The van der Waals surface area contributed by atoms with Crippen molar-refractivity contribution >= 4 is 40.6 Å². The maximum Gasteiger partial charge on any atom is 0.294 e. The Kier molecular flexibility index (Phi) is 5.04. The molecule has 0 spiro atoms. The Morgan fingerprint density at radius 2 is 1.96 bits per heavy atom. The van der Waals surface area contributed by atoms with Gasteiger partial charge in [0.2, 0.25) is 5.91 Å². The molecule has 1 saturated heterocycles. The number of amides is 3. The number of hydrogen-bond acceptors (Lipinski definition) is 5. The summed E-state index contributed by atoms with van der Waals surface area (Å²) >= 11 is 0.648. The second-order valence-electron chi connectivity index (χ2n) is 5.39. The van der Waals surface area contributed by atoms with Gasteiger partial charge in [-0.2, -0.15) is 0 Å². The summed E-state index contributed by atoms with van der Waals surface area (Å²) in [4.78, 5) is 37.3. The Morgan fingerprint density at radius 1 is 1.19 bits per heavy atom. The largest absolute Gasteiger partial charge is 0.508 e. The van der Waals surface area contributed by atoms with Crippen LogP contribution in [0.1, 0.15) is 5.56 Å². The van der Waals surface area contributed by atoms with Crippen LogP contribution in [-0.2, 0) is 9.59 Å². The highest BCUT2D eigenvalue weighted by atomic mass is 32.2. The van der Waals surface area contributed by atoms with Crippen molar-refractivity contribution in [3.8, 4) is 5.75 Å². The SMILES string of the molecule is O=C(CN1C(=O)S/C(=C/c2ccccc2F)C1=O)Nc1cccc(O)c1. The van der Waals surface area contributed by atoms with Crippen LogP contribution in [-0.4, -0.2) is 33.6 Å². The van der Waals surface area contributed by atoms with Crippen LogP contribution in [0.5, 0.6) is 5.75 Å². The minimum Gasteiger partial charge on any atom is -0.508 e. The lowest BCUT2D eigenvalue weighted by atomic mass is 10.2. The number of halogens is 1. The molecule has 0 aliphatic carbocycles. The number of phenols is 1. The van der Waals surface area contributed by atoms with E-state index in [0.29, 0.717) is 17.4 Å². The van der Waals surface area contributed by atoms with Crippen LogP contribution in [0.15, 0.2) is 53.4 Å². The minimum absolute atomic E-state index is 0.0261. The van der Waals surface area contributed by atoms with Crippen molar-refractivity contribution < 1.29 is 23.9 Å². The average Bonchev–Trinajstić information content (AvgIpc) is 2.84. The Labute approximate surface area is 152 Å². The van der Waals surface area contributed by atoms with E-state index in [4.69, 9.17) is 0 Å². The van der Waals surface area contributed by atoms with E-state index in [2.05, 4.69) is 5.32 Å². The second-order valence-corrected chi connectivity index (χ2v) is 6.38. The van der Waals surface area contributed by atoms with E-state index in [0.717, 1.165) is 4.90 Å². The zero-order valence-corrected chi connectivity index (χ0v) is 14.1. The fourth-order valence-corrected chi connectivity index (χ4v) is 3.13. The second kappa shape index (κ2) is 7.40. The molecule has 1 heterocycles. The summed E-state index contributed by atoms with van der Waals surface area (Å²) < 4.78 is 13.7. The van der Waals surface area contributed by atoms with Gasteiger partial charge in [0, 0.05) is 17.3 Å². The van der Waals surface area contributed by atoms with Crippen LogP contribution in [0.3, 0.4) is 0 Å². The molecule has 1 aliphatic heterocycles. The number of nitrogens with one attached hydrogen (secondary N) is 1. The van der Waals surface area contributed by atoms with Gasteiger partial charge in [0.25, 0.3) is 11.1 Å². The Morgan fingerprint density at radius 3 is 2.69 bits per heavy atom. The highest BCUT2D eigenvalue weighted by molar-refractivity contribution is 8.18. The number of anilines is 1. The fourth-order valence-electron chi connectivity index (χ4n) is 2.30. The Hall–Kier alpha value is -3.13. The van der Waals surface area contributed by atoms with Gasteiger partial charge in [-0.3, -0.25) is 19.3 Å².